The van der Waals surface area contributed by atoms with E-state index in [0.29, 0.717) is 19.3 Å². The molecule has 1 aromatic carbocycles. The maximum Gasteiger partial charge on any atom is 0.155 e. The van der Waals surface area contributed by atoms with E-state index in [2.05, 4.69) is 0 Å². The van der Waals surface area contributed by atoms with Crippen molar-refractivity contribution < 1.29 is 17.6 Å². The minimum absolute atomic E-state index is 0.189. The molecule has 0 aliphatic carbocycles. The SMILES string of the molecule is CC(C)(C)S(=O)(=O)CCCCCC(=O)Cc1ccc(-c2ccco2)cc1. The van der Waals surface area contributed by atoms with E-state index in [1.165, 1.54) is 0 Å². The molecular weight excluding hydrogens is 348 g/mol. The average Bonchev–Trinajstić information content (AvgIpc) is 3.08. The number of carbonyl (C=O) groups excluding carboxylic acids is 1. The van der Waals surface area contributed by atoms with E-state index in [0.717, 1.165) is 29.7 Å². The summed E-state index contributed by atoms with van der Waals surface area (Å²) in [4.78, 5) is 12.1. The summed E-state index contributed by atoms with van der Waals surface area (Å²) >= 11 is 0. The second-order valence-electron chi connectivity index (χ2n) is 7.63. The molecule has 142 valence electrons. The molecule has 4 nitrogen and oxygen atoms in total. The van der Waals surface area contributed by atoms with Gasteiger partial charge in [-0.25, -0.2) is 8.42 Å². The second kappa shape index (κ2) is 8.67. The lowest BCUT2D eigenvalue weighted by molar-refractivity contribution is -0.118. The molecule has 2 aromatic rings. The van der Waals surface area contributed by atoms with Gasteiger partial charge in [0.25, 0.3) is 0 Å². The molecule has 0 N–H and O–H groups in total. The third-order valence-corrected chi connectivity index (χ3v) is 7.15. The van der Waals surface area contributed by atoms with Crippen LogP contribution in [0.3, 0.4) is 0 Å². The zero-order chi connectivity index (χ0) is 19.2. The number of furan rings is 1. The van der Waals surface area contributed by atoms with Crippen molar-refractivity contribution in [3.63, 3.8) is 0 Å². The Bertz CT molecular complexity index is 795. The number of carbonyl (C=O) groups is 1. The first kappa shape index (κ1) is 20.4. The highest BCUT2D eigenvalue weighted by molar-refractivity contribution is 7.92. The maximum absolute atomic E-state index is 12.1. The number of ketones is 1. The molecule has 2 rings (SSSR count). The molecule has 0 saturated heterocycles. The van der Waals surface area contributed by atoms with E-state index >= 15 is 0 Å². The zero-order valence-electron chi connectivity index (χ0n) is 15.8. The van der Waals surface area contributed by atoms with Crippen molar-refractivity contribution in [2.24, 2.45) is 0 Å². The highest BCUT2D eigenvalue weighted by atomic mass is 32.2. The molecule has 0 radical (unpaired) electrons. The first-order chi connectivity index (χ1) is 12.2. The standard InChI is InChI=1S/C21H28O4S/c1-21(2,3)26(23,24)15-6-4-5-8-19(22)16-17-10-12-18(13-11-17)20-9-7-14-25-20/h7,9-14H,4-6,8,15-16H2,1-3H3. The lowest BCUT2D eigenvalue weighted by Crippen LogP contribution is -2.30. The van der Waals surface area contributed by atoms with E-state index in [-0.39, 0.29) is 11.5 Å². The van der Waals surface area contributed by atoms with Crippen LogP contribution in [0.25, 0.3) is 11.3 Å². The summed E-state index contributed by atoms with van der Waals surface area (Å²) in [6.07, 6.45) is 4.67. The smallest absolute Gasteiger partial charge is 0.155 e. The van der Waals surface area contributed by atoms with Crippen molar-refractivity contribution in [2.75, 3.05) is 5.75 Å². The molecule has 5 heteroatoms. The van der Waals surface area contributed by atoms with Crippen molar-refractivity contribution in [3.05, 3.63) is 48.2 Å². The van der Waals surface area contributed by atoms with Gasteiger partial charge < -0.3 is 4.42 Å². The summed E-state index contributed by atoms with van der Waals surface area (Å²) in [6.45, 7) is 5.18. The zero-order valence-corrected chi connectivity index (χ0v) is 16.6. The summed E-state index contributed by atoms with van der Waals surface area (Å²) in [5.41, 5.74) is 1.98. The van der Waals surface area contributed by atoms with Crippen LogP contribution in [0.5, 0.6) is 0 Å². The largest absolute Gasteiger partial charge is 0.464 e. The number of benzene rings is 1. The van der Waals surface area contributed by atoms with E-state index in [1.54, 1.807) is 27.0 Å². The number of unbranched alkanes of at least 4 members (excludes halogenated alkanes) is 2. The quantitative estimate of drug-likeness (QED) is 0.588. The number of Topliss-reactive ketones (excluding diaryl/α,β-unsaturated/α-hetero) is 1. The van der Waals surface area contributed by atoms with Gasteiger partial charge >= 0.3 is 0 Å². The molecule has 0 aliphatic rings. The van der Waals surface area contributed by atoms with E-state index in [9.17, 15) is 13.2 Å². The van der Waals surface area contributed by atoms with Crippen LogP contribution in [0.4, 0.5) is 0 Å². The maximum atomic E-state index is 12.1. The summed E-state index contributed by atoms with van der Waals surface area (Å²) in [6, 6.07) is 11.6. The normalized spacial score (nSPS) is 12.3. The van der Waals surface area contributed by atoms with Gasteiger partial charge in [-0.15, -0.1) is 0 Å². The molecule has 0 aliphatic heterocycles. The van der Waals surface area contributed by atoms with Gasteiger partial charge in [-0.1, -0.05) is 30.7 Å². The van der Waals surface area contributed by atoms with Crippen LogP contribution in [0, 0.1) is 0 Å². The molecule has 0 spiro atoms. The van der Waals surface area contributed by atoms with Crippen molar-refractivity contribution >= 4 is 15.6 Å². The molecule has 0 atom stereocenters. The lowest BCUT2D eigenvalue weighted by atomic mass is 10.0. The highest BCUT2D eigenvalue weighted by Gasteiger charge is 2.27. The fraction of sp³-hybridized carbons (Fsp3) is 0.476. The predicted octanol–water partition coefficient (Wildman–Crippen LogP) is 4.83. The molecule has 0 unspecified atom stereocenters. The van der Waals surface area contributed by atoms with Crippen molar-refractivity contribution in [2.45, 2.75) is 57.6 Å². The van der Waals surface area contributed by atoms with Crippen molar-refractivity contribution in [1.29, 1.82) is 0 Å². The summed E-state index contributed by atoms with van der Waals surface area (Å²) < 4.78 is 28.7. The third kappa shape index (κ3) is 5.84. The predicted molar refractivity (Wildman–Crippen MR) is 105 cm³/mol. The van der Waals surface area contributed by atoms with Gasteiger partial charge in [-0.05, 0) is 51.3 Å². The third-order valence-electron chi connectivity index (χ3n) is 4.46. The lowest BCUT2D eigenvalue weighted by Gasteiger charge is -2.18. The first-order valence-corrected chi connectivity index (χ1v) is 10.7. The molecule has 26 heavy (non-hydrogen) atoms. The van der Waals surface area contributed by atoms with Gasteiger partial charge in [0.15, 0.2) is 9.84 Å². The van der Waals surface area contributed by atoms with E-state index in [4.69, 9.17) is 4.42 Å². The number of rotatable bonds is 9. The Hall–Kier alpha value is -1.88. The Morgan fingerprint density at radius 2 is 1.69 bits per heavy atom. The Kier molecular flexibility index (Phi) is 6.81. The van der Waals surface area contributed by atoms with E-state index in [1.807, 2.05) is 36.4 Å². The minimum Gasteiger partial charge on any atom is -0.464 e. The number of hydrogen-bond donors (Lipinski definition) is 0. The van der Waals surface area contributed by atoms with Gasteiger partial charge in [0.05, 0.1) is 16.8 Å². The minimum atomic E-state index is -3.06. The number of sulfone groups is 1. The van der Waals surface area contributed by atoms with Gasteiger partial charge in [-0.3, -0.25) is 4.79 Å². The van der Waals surface area contributed by atoms with Crippen LogP contribution in [-0.4, -0.2) is 24.7 Å². The van der Waals surface area contributed by atoms with Crippen LogP contribution >= 0.6 is 0 Å². The molecule has 0 bridgehead atoms. The summed E-state index contributed by atoms with van der Waals surface area (Å²) in [5, 5.41) is 0. The fourth-order valence-corrected chi connectivity index (χ4v) is 3.84. The Morgan fingerprint density at radius 1 is 1.00 bits per heavy atom. The highest BCUT2D eigenvalue weighted by Crippen LogP contribution is 2.21. The van der Waals surface area contributed by atoms with Crippen LogP contribution in [0.2, 0.25) is 0 Å². The molecule has 0 amide bonds. The van der Waals surface area contributed by atoms with Crippen LogP contribution < -0.4 is 0 Å². The van der Waals surface area contributed by atoms with Crippen molar-refractivity contribution in [3.8, 4) is 11.3 Å². The molecule has 1 aromatic heterocycles. The van der Waals surface area contributed by atoms with Crippen molar-refractivity contribution in [1.82, 2.24) is 0 Å². The fourth-order valence-electron chi connectivity index (χ4n) is 2.64. The Labute approximate surface area is 156 Å². The van der Waals surface area contributed by atoms with Gasteiger partial charge in [0, 0.05) is 18.4 Å². The average molecular weight is 377 g/mol. The topological polar surface area (TPSA) is 64.3 Å². The molecule has 0 saturated carbocycles. The van der Waals surface area contributed by atoms with Crippen LogP contribution in [0.15, 0.2) is 47.1 Å². The van der Waals surface area contributed by atoms with Gasteiger partial charge in [0.2, 0.25) is 0 Å². The number of hydrogen-bond acceptors (Lipinski definition) is 4. The molecule has 0 fully saturated rings. The van der Waals surface area contributed by atoms with E-state index < -0.39 is 14.6 Å². The van der Waals surface area contributed by atoms with Crippen LogP contribution in [-0.2, 0) is 21.1 Å². The first-order valence-electron chi connectivity index (χ1n) is 9.06. The summed E-state index contributed by atoms with van der Waals surface area (Å²) in [5.74, 6) is 1.20. The second-order valence-corrected chi connectivity index (χ2v) is 10.5. The van der Waals surface area contributed by atoms with Gasteiger partial charge in [0.1, 0.15) is 11.5 Å². The van der Waals surface area contributed by atoms with Crippen LogP contribution in [0.1, 0.15) is 52.0 Å². The van der Waals surface area contributed by atoms with Gasteiger partial charge in [-0.2, -0.15) is 0 Å². The summed E-state index contributed by atoms with van der Waals surface area (Å²) in [7, 11) is -3.06. The molecular formula is C21H28O4S. The Balaban J connectivity index is 1.71. The monoisotopic (exact) mass is 376 g/mol. The Morgan fingerprint density at radius 3 is 2.27 bits per heavy atom. The molecule has 1 heterocycles.